The van der Waals surface area contributed by atoms with Gasteiger partial charge in [-0.05, 0) is 31.1 Å². The van der Waals surface area contributed by atoms with Gasteiger partial charge in [0.2, 0.25) is 0 Å². The molecule has 0 bridgehead atoms. The molecule has 3 atom stereocenters. The maximum Gasteiger partial charge on any atom is 0.384 e. The second-order valence-corrected chi connectivity index (χ2v) is 4.55. The van der Waals surface area contributed by atoms with E-state index in [-0.39, 0.29) is 0 Å². The summed E-state index contributed by atoms with van der Waals surface area (Å²) in [6.07, 6.45) is 3.97. The van der Waals surface area contributed by atoms with Gasteiger partial charge in [0, 0.05) is 5.92 Å². The van der Waals surface area contributed by atoms with E-state index in [4.69, 9.17) is 7.85 Å². The first kappa shape index (κ1) is 11.3. The number of ether oxygens (including phenoxy) is 1. The standard InChI is InChI=1S/C12H13BO3/c1-16-11(14)2-3-12(15)6-8-4-10(13)5-9(8)7-12/h4,8-9,15H,5-7H2,1H3. The van der Waals surface area contributed by atoms with Crippen molar-refractivity contribution >= 4 is 13.8 Å². The summed E-state index contributed by atoms with van der Waals surface area (Å²) >= 11 is 0. The highest BCUT2D eigenvalue weighted by molar-refractivity contribution is 6.21. The zero-order valence-corrected chi connectivity index (χ0v) is 9.19. The van der Waals surface area contributed by atoms with Gasteiger partial charge < -0.3 is 9.84 Å². The van der Waals surface area contributed by atoms with Crippen molar-refractivity contribution in [2.75, 3.05) is 7.11 Å². The van der Waals surface area contributed by atoms with Gasteiger partial charge in [-0.2, -0.15) is 0 Å². The van der Waals surface area contributed by atoms with E-state index in [0.717, 1.165) is 11.9 Å². The molecule has 3 unspecified atom stereocenters. The molecule has 0 saturated heterocycles. The average Bonchev–Trinajstić information content (AvgIpc) is 2.68. The highest BCUT2D eigenvalue weighted by Gasteiger charge is 2.44. The summed E-state index contributed by atoms with van der Waals surface area (Å²) < 4.78 is 4.41. The van der Waals surface area contributed by atoms with E-state index >= 15 is 0 Å². The van der Waals surface area contributed by atoms with Crippen molar-refractivity contribution in [3.63, 3.8) is 0 Å². The largest absolute Gasteiger partial charge is 0.459 e. The van der Waals surface area contributed by atoms with Gasteiger partial charge in [-0.1, -0.05) is 12.0 Å². The lowest BCUT2D eigenvalue weighted by Crippen LogP contribution is -2.23. The Labute approximate surface area is 96.3 Å². The molecule has 3 nitrogen and oxygen atoms in total. The van der Waals surface area contributed by atoms with E-state index < -0.39 is 11.6 Å². The van der Waals surface area contributed by atoms with Crippen molar-refractivity contribution in [1.82, 2.24) is 0 Å². The zero-order valence-electron chi connectivity index (χ0n) is 9.19. The Morgan fingerprint density at radius 2 is 2.44 bits per heavy atom. The minimum atomic E-state index is -1.05. The third kappa shape index (κ3) is 2.15. The molecule has 0 aromatic rings. The highest BCUT2D eigenvalue weighted by Crippen LogP contribution is 2.46. The van der Waals surface area contributed by atoms with Crippen molar-refractivity contribution in [3.8, 4) is 11.8 Å². The normalized spacial score (nSPS) is 36.0. The van der Waals surface area contributed by atoms with Crippen LogP contribution in [0.5, 0.6) is 0 Å². The molecule has 0 aromatic heterocycles. The number of fused-ring (bicyclic) bond motifs is 1. The maximum atomic E-state index is 10.9. The molecule has 4 heteroatoms. The number of rotatable bonds is 0. The van der Waals surface area contributed by atoms with Crippen LogP contribution in [0.4, 0.5) is 0 Å². The van der Waals surface area contributed by atoms with Crippen LogP contribution >= 0.6 is 0 Å². The second kappa shape index (κ2) is 3.99. The van der Waals surface area contributed by atoms with Crippen molar-refractivity contribution in [3.05, 3.63) is 11.5 Å². The third-order valence-corrected chi connectivity index (χ3v) is 3.29. The topological polar surface area (TPSA) is 46.5 Å². The predicted molar refractivity (Wildman–Crippen MR) is 59.4 cm³/mol. The van der Waals surface area contributed by atoms with Crippen LogP contribution in [0.25, 0.3) is 0 Å². The third-order valence-electron chi connectivity index (χ3n) is 3.29. The number of hydrogen-bond donors (Lipinski definition) is 1. The van der Waals surface area contributed by atoms with Gasteiger partial charge in [0.05, 0.1) is 7.11 Å². The van der Waals surface area contributed by atoms with Crippen molar-refractivity contribution in [2.24, 2.45) is 11.8 Å². The number of hydrogen-bond acceptors (Lipinski definition) is 3. The molecule has 2 rings (SSSR count). The van der Waals surface area contributed by atoms with Gasteiger partial charge in [-0.15, -0.1) is 5.47 Å². The molecule has 0 aliphatic heterocycles. The molecule has 2 radical (unpaired) electrons. The molecule has 1 saturated carbocycles. The lowest BCUT2D eigenvalue weighted by molar-refractivity contribution is -0.133. The zero-order chi connectivity index (χ0) is 11.8. The van der Waals surface area contributed by atoms with E-state index in [1.807, 2.05) is 6.08 Å². The van der Waals surface area contributed by atoms with Gasteiger partial charge in [0.15, 0.2) is 0 Å². The summed E-state index contributed by atoms with van der Waals surface area (Å²) in [4.78, 5) is 10.9. The van der Waals surface area contributed by atoms with E-state index in [2.05, 4.69) is 16.6 Å². The first-order valence-electron chi connectivity index (χ1n) is 5.32. The second-order valence-electron chi connectivity index (χ2n) is 4.55. The molecule has 1 fully saturated rings. The Bertz CT molecular complexity index is 404. The molecule has 1 N–H and O–H groups in total. The molecule has 2 aliphatic carbocycles. The maximum absolute atomic E-state index is 10.9. The Kier molecular flexibility index (Phi) is 2.81. The number of esters is 1. The number of aliphatic hydroxyl groups is 1. The van der Waals surface area contributed by atoms with E-state index in [1.54, 1.807) is 0 Å². The quantitative estimate of drug-likeness (QED) is 0.275. The van der Waals surface area contributed by atoms with Crippen molar-refractivity contribution in [1.29, 1.82) is 0 Å². The van der Waals surface area contributed by atoms with Gasteiger partial charge in [-0.25, -0.2) is 4.79 Å². The fraction of sp³-hybridized carbons (Fsp3) is 0.583. The minimum Gasteiger partial charge on any atom is -0.459 e. The van der Waals surface area contributed by atoms with Gasteiger partial charge >= 0.3 is 5.97 Å². The molecule has 16 heavy (non-hydrogen) atoms. The smallest absolute Gasteiger partial charge is 0.384 e. The molecule has 0 spiro atoms. The summed E-state index contributed by atoms with van der Waals surface area (Å²) in [5, 5.41) is 10.2. The Hall–Kier alpha value is -1.21. The van der Waals surface area contributed by atoms with Gasteiger partial charge in [0.25, 0.3) is 0 Å². The van der Waals surface area contributed by atoms with Crippen LogP contribution in [-0.2, 0) is 9.53 Å². The summed E-state index contributed by atoms with van der Waals surface area (Å²) in [7, 11) is 7.00. The van der Waals surface area contributed by atoms with Crippen LogP contribution in [0.2, 0.25) is 0 Å². The number of methoxy groups -OCH3 is 1. The highest BCUT2D eigenvalue weighted by atomic mass is 16.5. The Morgan fingerprint density at radius 1 is 1.69 bits per heavy atom. The monoisotopic (exact) mass is 216 g/mol. The first-order chi connectivity index (χ1) is 7.52. The molecule has 0 aromatic carbocycles. The van der Waals surface area contributed by atoms with Crippen LogP contribution in [-0.4, -0.2) is 31.6 Å². The summed E-state index contributed by atoms with van der Waals surface area (Å²) in [6, 6.07) is 0. The fourth-order valence-electron chi connectivity index (χ4n) is 2.61. The van der Waals surface area contributed by atoms with Crippen molar-refractivity contribution in [2.45, 2.75) is 24.9 Å². The Balaban J connectivity index is 2.07. The predicted octanol–water partition coefficient (Wildman–Crippen LogP) is 0.376. The lowest BCUT2D eigenvalue weighted by Gasteiger charge is -2.15. The first-order valence-corrected chi connectivity index (χ1v) is 5.32. The van der Waals surface area contributed by atoms with Crippen LogP contribution in [0, 0.1) is 23.7 Å². The van der Waals surface area contributed by atoms with Crippen LogP contribution < -0.4 is 0 Å². The molecule has 0 amide bonds. The van der Waals surface area contributed by atoms with Crippen LogP contribution in [0.1, 0.15) is 19.3 Å². The fourth-order valence-corrected chi connectivity index (χ4v) is 2.61. The van der Waals surface area contributed by atoms with Gasteiger partial charge in [0.1, 0.15) is 13.4 Å². The lowest BCUT2D eigenvalue weighted by atomic mass is 9.90. The number of carbonyl (C=O) groups is 1. The van der Waals surface area contributed by atoms with Crippen LogP contribution in [0.3, 0.4) is 0 Å². The van der Waals surface area contributed by atoms with Gasteiger partial charge in [-0.3, -0.25) is 0 Å². The molecular formula is C12H13BO3. The summed E-state index contributed by atoms with van der Waals surface area (Å²) in [6.45, 7) is 0. The molecule has 0 heterocycles. The van der Waals surface area contributed by atoms with Crippen molar-refractivity contribution < 1.29 is 14.6 Å². The number of carbonyl (C=O) groups excluding carboxylic acids is 1. The summed E-state index contributed by atoms with van der Waals surface area (Å²) in [5.41, 5.74) is -0.154. The Morgan fingerprint density at radius 3 is 3.06 bits per heavy atom. The summed E-state index contributed by atoms with van der Waals surface area (Å²) in [5.74, 6) is 4.98. The van der Waals surface area contributed by atoms with E-state index in [0.29, 0.717) is 24.7 Å². The van der Waals surface area contributed by atoms with E-state index in [9.17, 15) is 9.90 Å². The number of allylic oxidation sites excluding steroid dienone is 2. The average molecular weight is 216 g/mol. The molecule has 82 valence electrons. The minimum absolute atomic E-state index is 0.303. The SMILES string of the molecule is [B]C1=CC2CC(O)(C#CC(=O)OC)CC2C1. The molecule has 2 aliphatic rings. The van der Waals surface area contributed by atoms with Crippen LogP contribution in [0.15, 0.2) is 11.5 Å². The van der Waals surface area contributed by atoms with E-state index in [1.165, 1.54) is 7.11 Å². The molecular weight excluding hydrogens is 203 g/mol.